The summed E-state index contributed by atoms with van der Waals surface area (Å²) < 4.78 is 12.0. The van der Waals surface area contributed by atoms with E-state index >= 15 is 0 Å². The quantitative estimate of drug-likeness (QED) is 0.319. The van der Waals surface area contributed by atoms with Gasteiger partial charge in [-0.3, -0.25) is 4.79 Å². The van der Waals surface area contributed by atoms with Crippen LogP contribution in [0.25, 0.3) is 10.8 Å². The number of hydrogen-bond acceptors (Lipinski definition) is 9. The summed E-state index contributed by atoms with van der Waals surface area (Å²) in [7, 11) is 1.75. The Bertz CT molecular complexity index is 1720. The van der Waals surface area contributed by atoms with Gasteiger partial charge in [-0.2, -0.15) is 15.2 Å². The fourth-order valence-electron chi connectivity index (χ4n) is 6.51. The number of anilines is 2. The van der Waals surface area contributed by atoms with Crippen molar-refractivity contribution in [2.24, 2.45) is 0 Å². The highest BCUT2D eigenvalue weighted by Gasteiger charge is 2.51. The third kappa shape index (κ3) is 6.68. The van der Waals surface area contributed by atoms with Gasteiger partial charge in [0.2, 0.25) is 5.91 Å². The second kappa shape index (κ2) is 12.7. The minimum Gasteiger partial charge on any atom is -0.461 e. The Kier molecular flexibility index (Phi) is 8.70. The van der Waals surface area contributed by atoms with E-state index in [1.54, 1.807) is 16.8 Å². The summed E-state index contributed by atoms with van der Waals surface area (Å²) >= 11 is 0. The molecule has 1 radical (unpaired) electrons. The fraction of sp³-hybridized carbons (Fsp3) is 0.472. The highest BCUT2D eigenvalue weighted by Crippen LogP contribution is 2.42. The number of aromatic nitrogens is 2. The molecule has 1 aromatic heterocycles. The third-order valence-corrected chi connectivity index (χ3v) is 9.30. The van der Waals surface area contributed by atoms with E-state index in [2.05, 4.69) is 40.6 Å². The Morgan fingerprint density at radius 1 is 1.17 bits per heavy atom. The van der Waals surface area contributed by atoms with Crippen LogP contribution in [0, 0.1) is 17.4 Å². The van der Waals surface area contributed by atoms with Crippen LogP contribution >= 0.6 is 0 Å². The lowest BCUT2D eigenvalue weighted by molar-refractivity contribution is -0.128. The minimum atomic E-state index is -0.601. The van der Waals surface area contributed by atoms with Gasteiger partial charge < -0.3 is 29.1 Å². The second-order valence-electron chi connectivity index (χ2n) is 13.6. The Labute approximate surface area is 276 Å². The molecule has 1 atom stereocenters. The molecule has 1 aliphatic carbocycles. The lowest BCUT2D eigenvalue weighted by Gasteiger charge is -2.42. The van der Waals surface area contributed by atoms with Gasteiger partial charge >= 0.3 is 12.1 Å². The van der Waals surface area contributed by atoms with Crippen molar-refractivity contribution >= 4 is 34.3 Å². The molecule has 2 amide bonds. The summed E-state index contributed by atoms with van der Waals surface area (Å²) in [4.78, 5) is 43.3. The molecule has 11 nitrogen and oxygen atoms in total. The van der Waals surface area contributed by atoms with E-state index in [-0.39, 0.29) is 37.1 Å². The van der Waals surface area contributed by atoms with Crippen LogP contribution < -0.4 is 14.5 Å². The molecule has 1 saturated heterocycles. The van der Waals surface area contributed by atoms with E-state index in [1.807, 2.05) is 45.0 Å². The number of likely N-dealkylation sites (N-methyl/N-ethyl adjacent to an activating group) is 1. The monoisotopic (exact) mass is 636 g/mol. The van der Waals surface area contributed by atoms with Crippen LogP contribution in [0.3, 0.4) is 0 Å². The predicted molar refractivity (Wildman–Crippen MR) is 179 cm³/mol. The summed E-state index contributed by atoms with van der Waals surface area (Å²) in [6.45, 7) is 12.2. The summed E-state index contributed by atoms with van der Waals surface area (Å²) in [5.74, 6) is 0.595. The average Bonchev–Trinajstić information content (AvgIpc) is 3.86. The zero-order valence-electron chi connectivity index (χ0n) is 27.7. The van der Waals surface area contributed by atoms with Crippen molar-refractivity contribution in [3.63, 3.8) is 0 Å². The molecule has 47 heavy (non-hydrogen) atoms. The summed E-state index contributed by atoms with van der Waals surface area (Å²) in [6, 6.07) is 17.8. The highest BCUT2D eigenvalue weighted by molar-refractivity contribution is 5.94. The Morgan fingerprint density at radius 3 is 2.68 bits per heavy atom. The van der Waals surface area contributed by atoms with Gasteiger partial charge in [0.15, 0.2) is 0 Å². The Morgan fingerprint density at radius 2 is 1.96 bits per heavy atom. The first kappa shape index (κ1) is 32.1. The maximum absolute atomic E-state index is 12.9. The number of piperazine rings is 1. The van der Waals surface area contributed by atoms with E-state index in [0.29, 0.717) is 32.6 Å². The van der Waals surface area contributed by atoms with Crippen molar-refractivity contribution in [2.75, 3.05) is 49.6 Å². The number of amides is 2. The van der Waals surface area contributed by atoms with Gasteiger partial charge in [-0.05, 0) is 69.7 Å². The number of rotatable bonds is 8. The maximum atomic E-state index is 12.9. The second-order valence-corrected chi connectivity index (χ2v) is 13.6. The van der Waals surface area contributed by atoms with E-state index in [4.69, 9.17) is 19.4 Å². The molecule has 3 aliphatic rings. The van der Waals surface area contributed by atoms with Crippen LogP contribution in [-0.2, 0) is 22.5 Å². The Balaban J connectivity index is 1.31. The van der Waals surface area contributed by atoms with Crippen molar-refractivity contribution < 1.29 is 19.1 Å². The van der Waals surface area contributed by atoms with Crippen molar-refractivity contribution in [2.45, 2.75) is 70.2 Å². The fourth-order valence-corrected chi connectivity index (χ4v) is 6.51. The number of ether oxygens (including phenoxy) is 2. The number of benzene rings is 2. The molecule has 245 valence electrons. The molecule has 6 rings (SSSR count). The molecule has 1 saturated carbocycles. The first-order valence-electron chi connectivity index (χ1n) is 16.2. The number of carbonyl (C=O) groups excluding carboxylic acids is 2. The lowest BCUT2D eigenvalue weighted by Crippen LogP contribution is -2.55. The van der Waals surface area contributed by atoms with Gasteiger partial charge in [-0.25, -0.2) is 4.79 Å². The van der Waals surface area contributed by atoms with Gasteiger partial charge in [-0.1, -0.05) is 30.8 Å². The van der Waals surface area contributed by atoms with Gasteiger partial charge in [0, 0.05) is 49.9 Å². The van der Waals surface area contributed by atoms with E-state index in [1.165, 1.54) is 6.08 Å². The van der Waals surface area contributed by atoms with Crippen LogP contribution in [0.4, 0.5) is 16.3 Å². The number of carbonyl (C=O) groups is 2. The van der Waals surface area contributed by atoms with Gasteiger partial charge in [-0.15, -0.1) is 0 Å². The van der Waals surface area contributed by atoms with Crippen LogP contribution in [0.15, 0.2) is 49.1 Å². The van der Waals surface area contributed by atoms with Crippen LogP contribution in [-0.4, -0.2) is 88.8 Å². The highest BCUT2D eigenvalue weighted by atomic mass is 16.6. The van der Waals surface area contributed by atoms with E-state index in [0.717, 1.165) is 52.9 Å². The molecule has 2 aliphatic heterocycles. The van der Waals surface area contributed by atoms with Crippen molar-refractivity contribution in [1.82, 2.24) is 19.8 Å². The molecule has 0 N–H and O–H groups in total. The first-order chi connectivity index (χ1) is 22.5. The van der Waals surface area contributed by atoms with E-state index < -0.39 is 11.1 Å². The predicted octanol–water partition coefficient (Wildman–Crippen LogP) is 4.89. The Hall–Kier alpha value is -4.85. The zero-order chi connectivity index (χ0) is 33.3. The van der Waals surface area contributed by atoms with Crippen molar-refractivity contribution in [3.05, 3.63) is 66.4 Å². The topological polar surface area (TPSA) is 115 Å². The normalized spacial score (nSPS) is 18.6. The number of nitrogens with zero attached hydrogens (tertiary/aromatic N) is 7. The van der Waals surface area contributed by atoms with Crippen LogP contribution in [0.5, 0.6) is 6.01 Å². The number of hydrogen-bond donors (Lipinski definition) is 0. The molecule has 0 bridgehead atoms. The van der Waals surface area contributed by atoms with Gasteiger partial charge in [0.05, 0.1) is 36.3 Å². The molecule has 3 aromatic rings. The lowest BCUT2D eigenvalue weighted by atomic mass is 10.0. The summed E-state index contributed by atoms with van der Waals surface area (Å²) in [6.07, 6.45) is 3.43. The molecular weight excluding hydrogens is 594 g/mol. The first-order valence-corrected chi connectivity index (χ1v) is 16.2. The maximum Gasteiger partial charge on any atom is 0.410 e. The van der Waals surface area contributed by atoms with Crippen molar-refractivity contribution in [3.8, 4) is 12.1 Å². The SMILES string of the molecule is C=CC(=O)N1CCN(c2nc(OCC3(N(C)C(=O)OC(C)(C)C)CC3)nc3c2CCN(c2c[c]cc4ccccc24)C3)C[C@@H]1CC#N. The standard InChI is InChI=1S/C36H42N7O4/c1-6-31(44)43-21-20-42(22-26(43)14-18-37)32-28-15-19-41(30-13-9-11-25-10-7-8-12-27(25)30)23-29(28)38-33(39-32)46-24-36(16-17-36)40(5)34(45)47-35(2,3)4/h6-8,10-13,26H,1,14-17,19-24H2,2-5H3/t26-/m0/s1. The molecule has 11 heteroatoms. The molecule has 0 spiro atoms. The van der Waals surface area contributed by atoms with E-state index in [9.17, 15) is 14.9 Å². The summed E-state index contributed by atoms with van der Waals surface area (Å²) in [5.41, 5.74) is 1.93. The largest absolute Gasteiger partial charge is 0.461 e. The number of fused-ring (bicyclic) bond motifs is 2. The minimum absolute atomic E-state index is 0.176. The summed E-state index contributed by atoms with van der Waals surface area (Å²) in [5, 5.41) is 11.9. The molecule has 2 fully saturated rings. The van der Waals surface area contributed by atoms with Crippen LogP contribution in [0.2, 0.25) is 0 Å². The molecule has 3 heterocycles. The zero-order valence-corrected chi connectivity index (χ0v) is 27.7. The molecule has 2 aromatic carbocycles. The number of nitriles is 1. The third-order valence-electron chi connectivity index (χ3n) is 9.30. The smallest absolute Gasteiger partial charge is 0.410 e. The molecular formula is C36H42N7O4. The average molecular weight is 637 g/mol. The van der Waals surface area contributed by atoms with Gasteiger partial charge in [0.25, 0.3) is 0 Å². The van der Waals surface area contributed by atoms with Gasteiger partial charge in [0.1, 0.15) is 18.0 Å². The van der Waals surface area contributed by atoms with Crippen LogP contribution in [0.1, 0.15) is 51.3 Å². The molecule has 0 unspecified atom stereocenters. The van der Waals surface area contributed by atoms with Crippen molar-refractivity contribution in [1.29, 1.82) is 5.26 Å².